The molecule has 0 N–H and O–H groups in total. The molecule has 0 aliphatic carbocycles. The second-order valence-corrected chi connectivity index (χ2v) is 8.17. The average molecular weight is 402 g/mol. The lowest BCUT2D eigenvalue weighted by Gasteiger charge is -2.43. The van der Waals surface area contributed by atoms with Crippen LogP contribution < -0.4 is 9.64 Å². The summed E-state index contributed by atoms with van der Waals surface area (Å²) in [5.74, 6) is 0.893. The number of hydrogen-bond acceptors (Lipinski definition) is 4. The monoisotopic (exact) mass is 401 g/mol. The molecular formula is C26H31N3O. The number of anilines is 1. The minimum absolute atomic E-state index is 0.893. The highest BCUT2D eigenvalue weighted by atomic mass is 16.5. The molecule has 30 heavy (non-hydrogen) atoms. The third-order valence-corrected chi connectivity index (χ3v) is 5.89. The van der Waals surface area contributed by atoms with Crippen molar-refractivity contribution in [1.29, 1.82) is 0 Å². The van der Waals surface area contributed by atoms with E-state index in [-0.39, 0.29) is 0 Å². The summed E-state index contributed by atoms with van der Waals surface area (Å²) in [6, 6.07) is 25.8. The van der Waals surface area contributed by atoms with E-state index < -0.39 is 0 Å². The van der Waals surface area contributed by atoms with Crippen molar-refractivity contribution in [3.63, 3.8) is 0 Å². The summed E-state index contributed by atoms with van der Waals surface area (Å²) in [6.45, 7) is 9.07. The van der Waals surface area contributed by atoms with Gasteiger partial charge in [-0.05, 0) is 60.4 Å². The molecule has 0 atom stereocenters. The first-order chi connectivity index (χ1) is 14.6. The predicted molar refractivity (Wildman–Crippen MR) is 124 cm³/mol. The maximum Gasteiger partial charge on any atom is 0.119 e. The molecule has 4 rings (SSSR count). The molecule has 1 saturated heterocycles. The molecule has 4 heteroatoms. The van der Waals surface area contributed by atoms with Crippen LogP contribution in [0.25, 0.3) is 0 Å². The van der Waals surface area contributed by atoms with E-state index in [0.717, 1.165) is 38.8 Å². The van der Waals surface area contributed by atoms with Gasteiger partial charge < -0.3 is 9.64 Å². The summed E-state index contributed by atoms with van der Waals surface area (Å²) in [6.07, 6.45) is 0. The molecule has 0 amide bonds. The fraction of sp³-hybridized carbons (Fsp3) is 0.308. The van der Waals surface area contributed by atoms with Crippen LogP contribution in [0.15, 0.2) is 72.8 Å². The Kier molecular flexibility index (Phi) is 6.36. The number of nitrogens with zero attached hydrogens (tertiary/aromatic N) is 3. The van der Waals surface area contributed by atoms with Gasteiger partial charge in [0.15, 0.2) is 0 Å². The normalized spacial score (nSPS) is 15.4. The summed E-state index contributed by atoms with van der Waals surface area (Å²) in [5.41, 5.74) is 6.71. The minimum atomic E-state index is 0.893. The van der Waals surface area contributed by atoms with Gasteiger partial charge in [0, 0.05) is 18.8 Å². The van der Waals surface area contributed by atoms with Gasteiger partial charge in [0.25, 0.3) is 0 Å². The Hall–Kier alpha value is -2.82. The molecule has 0 unspecified atom stereocenters. The molecule has 1 heterocycles. The zero-order chi connectivity index (χ0) is 20.9. The van der Waals surface area contributed by atoms with E-state index in [4.69, 9.17) is 4.74 Å². The number of methoxy groups -OCH3 is 1. The quantitative estimate of drug-likeness (QED) is 0.578. The molecule has 3 aromatic carbocycles. The van der Waals surface area contributed by atoms with E-state index in [0.29, 0.717) is 0 Å². The molecular weight excluding hydrogens is 370 g/mol. The minimum Gasteiger partial charge on any atom is -0.497 e. The van der Waals surface area contributed by atoms with Gasteiger partial charge in [0.2, 0.25) is 0 Å². The average Bonchev–Trinajstić information content (AvgIpc) is 2.77. The maximum atomic E-state index is 5.34. The van der Waals surface area contributed by atoms with E-state index >= 15 is 0 Å². The highest BCUT2D eigenvalue weighted by Crippen LogP contribution is 2.24. The molecule has 0 saturated carbocycles. The van der Waals surface area contributed by atoms with Gasteiger partial charge in [-0.15, -0.1) is 0 Å². The van der Waals surface area contributed by atoms with Crippen LogP contribution in [0.4, 0.5) is 5.69 Å². The standard InChI is InChI=1S/C26H31N3O/c1-21-8-4-6-10-23(21)16-27-18-28(17-24-11-7-5-9-22(24)2)20-29(19-27)25-12-14-26(30-3)15-13-25/h4-15H,16-20H2,1-3H3. The van der Waals surface area contributed by atoms with E-state index in [1.54, 1.807) is 7.11 Å². The topological polar surface area (TPSA) is 19.0 Å². The van der Waals surface area contributed by atoms with Crippen LogP contribution in [0.3, 0.4) is 0 Å². The summed E-state index contributed by atoms with van der Waals surface area (Å²) in [4.78, 5) is 7.49. The summed E-state index contributed by atoms with van der Waals surface area (Å²) in [7, 11) is 1.71. The van der Waals surface area contributed by atoms with Gasteiger partial charge in [-0.1, -0.05) is 48.5 Å². The lowest BCUT2D eigenvalue weighted by molar-refractivity contribution is 0.0761. The summed E-state index contributed by atoms with van der Waals surface area (Å²) in [5, 5.41) is 0. The number of aryl methyl sites for hydroxylation is 2. The first-order valence-corrected chi connectivity index (χ1v) is 10.5. The van der Waals surface area contributed by atoms with Crippen molar-refractivity contribution in [2.75, 3.05) is 32.0 Å². The molecule has 1 fully saturated rings. The lowest BCUT2D eigenvalue weighted by atomic mass is 10.1. The summed E-state index contributed by atoms with van der Waals surface area (Å²) >= 11 is 0. The fourth-order valence-corrected chi connectivity index (χ4v) is 4.11. The Morgan fingerprint density at radius 1 is 0.667 bits per heavy atom. The molecule has 0 aromatic heterocycles. The first kappa shape index (κ1) is 20.5. The van der Waals surface area contributed by atoms with Gasteiger partial charge in [-0.3, -0.25) is 9.80 Å². The van der Waals surface area contributed by atoms with Crippen LogP contribution in [0, 0.1) is 13.8 Å². The fourth-order valence-electron chi connectivity index (χ4n) is 4.11. The maximum absolute atomic E-state index is 5.34. The second-order valence-electron chi connectivity index (χ2n) is 8.17. The Labute approximate surface area is 180 Å². The van der Waals surface area contributed by atoms with Crippen molar-refractivity contribution in [1.82, 2.24) is 9.80 Å². The Morgan fingerprint density at radius 2 is 1.17 bits per heavy atom. The summed E-state index contributed by atoms with van der Waals surface area (Å²) < 4.78 is 5.34. The van der Waals surface area contributed by atoms with Crippen LogP contribution in [0.2, 0.25) is 0 Å². The van der Waals surface area contributed by atoms with Gasteiger partial charge in [-0.25, -0.2) is 0 Å². The smallest absolute Gasteiger partial charge is 0.119 e. The number of ether oxygens (including phenoxy) is 1. The van der Waals surface area contributed by atoms with Crippen LogP contribution in [0.1, 0.15) is 22.3 Å². The second kappa shape index (κ2) is 9.33. The van der Waals surface area contributed by atoms with Crippen LogP contribution in [-0.2, 0) is 13.1 Å². The van der Waals surface area contributed by atoms with Crippen molar-refractivity contribution in [2.45, 2.75) is 26.9 Å². The van der Waals surface area contributed by atoms with Gasteiger partial charge in [0.05, 0.1) is 27.1 Å². The molecule has 4 nitrogen and oxygen atoms in total. The third-order valence-electron chi connectivity index (χ3n) is 5.89. The Bertz CT molecular complexity index is 915. The molecule has 0 spiro atoms. The molecule has 0 radical (unpaired) electrons. The van der Waals surface area contributed by atoms with Crippen molar-refractivity contribution in [3.8, 4) is 5.75 Å². The molecule has 1 aliphatic rings. The van der Waals surface area contributed by atoms with E-state index in [1.807, 2.05) is 12.1 Å². The third kappa shape index (κ3) is 4.84. The van der Waals surface area contributed by atoms with Crippen LogP contribution in [-0.4, -0.2) is 36.9 Å². The highest BCUT2D eigenvalue weighted by molar-refractivity contribution is 5.49. The van der Waals surface area contributed by atoms with Crippen molar-refractivity contribution < 1.29 is 4.74 Å². The van der Waals surface area contributed by atoms with Gasteiger partial charge >= 0.3 is 0 Å². The largest absolute Gasteiger partial charge is 0.497 e. The predicted octanol–water partition coefficient (Wildman–Crippen LogP) is 5.01. The van der Waals surface area contributed by atoms with Crippen molar-refractivity contribution in [3.05, 3.63) is 95.1 Å². The number of benzene rings is 3. The molecule has 1 aliphatic heterocycles. The van der Waals surface area contributed by atoms with Crippen molar-refractivity contribution >= 4 is 5.69 Å². The molecule has 0 bridgehead atoms. The first-order valence-electron chi connectivity index (χ1n) is 10.5. The highest BCUT2D eigenvalue weighted by Gasteiger charge is 2.24. The number of hydrogen-bond donors (Lipinski definition) is 0. The van der Waals surface area contributed by atoms with E-state index in [1.165, 1.54) is 27.9 Å². The zero-order valence-corrected chi connectivity index (χ0v) is 18.2. The van der Waals surface area contributed by atoms with Crippen molar-refractivity contribution in [2.24, 2.45) is 0 Å². The van der Waals surface area contributed by atoms with E-state index in [2.05, 4.69) is 89.2 Å². The Balaban J connectivity index is 1.56. The van der Waals surface area contributed by atoms with E-state index in [9.17, 15) is 0 Å². The Morgan fingerprint density at radius 3 is 1.63 bits per heavy atom. The van der Waals surface area contributed by atoms with Crippen LogP contribution >= 0.6 is 0 Å². The zero-order valence-electron chi connectivity index (χ0n) is 18.2. The molecule has 3 aromatic rings. The lowest BCUT2D eigenvalue weighted by Crippen LogP contribution is -2.54. The SMILES string of the molecule is COc1ccc(N2CN(Cc3ccccc3C)CN(Cc3ccccc3C)C2)cc1. The van der Waals surface area contributed by atoms with Gasteiger partial charge in [0.1, 0.15) is 5.75 Å². The van der Waals surface area contributed by atoms with Gasteiger partial charge in [-0.2, -0.15) is 0 Å². The van der Waals surface area contributed by atoms with Crippen LogP contribution in [0.5, 0.6) is 5.75 Å². The molecule has 156 valence electrons. The number of rotatable bonds is 6.